The van der Waals surface area contributed by atoms with Crippen LogP contribution in [0.15, 0.2) is 30.6 Å². The quantitative estimate of drug-likeness (QED) is 0.635. The van der Waals surface area contributed by atoms with Crippen LogP contribution in [0, 0.1) is 0 Å². The lowest BCUT2D eigenvalue weighted by atomic mass is 10.2. The van der Waals surface area contributed by atoms with Crippen molar-refractivity contribution in [2.75, 3.05) is 0 Å². The highest BCUT2D eigenvalue weighted by molar-refractivity contribution is 5.33. The van der Waals surface area contributed by atoms with E-state index in [4.69, 9.17) is 10.2 Å². The van der Waals surface area contributed by atoms with Crippen molar-refractivity contribution in [3.63, 3.8) is 0 Å². The number of aliphatic hydroxyl groups is 2. The Kier molecular flexibility index (Phi) is 2.21. The van der Waals surface area contributed by atoms with E-state index in [-0.39, 0.29) is 0 Å². The molecule has 0 saturated heterocycles. The van der Waals surface area contributed by atoms with Gasteiger partial charge in [0.1, 0.15) is 6.33 Å². The third-order valence-electron chi connectivity index (χ3n) is 1.80. The van der Waals surface area contributed by atoms with Crippen molar-refractivity contribution < 1.29 is 10.2 Å². The van der Waals surface area contributed by atoms with E-state index in [1.165, 1.54) is 11.0 Å². The number of aromatic nitrogens is 4. The summed E-state index contributed by atoms with van der Waals surface area (Å²) in [6.07, 6.45) is 0.0163. The van der Waals surface area contributed by atoms with E-state index >= 15 is 0 Å². The molecule has 1 aromatic carbocycles. The molecular formula is C8H8N4O2. The molecule has 0 spiro atoms. The van der Waals surface area contributed by atoms with Crippen LogP contribution in [-0.2, 0) is 0 Å². The molecule has 0 fully saturated rings. The molecular weight excluding hydrogens is 184 g/mol. The Morgan fingerprint density at radius 3 is 2.36 bits per heavy atom. The van der Waals surface area contributed by atoms with Gasteiger partial charge in [-0.3, -0.25) is 0 Å². The Morgan fingerprint density at radius 1 is 1.14 bits per heavy atom. The third kappa shape index (κ3) is 1.61. The van der Waals surface area contributed by atoms with E-state index in [1.54, 1.807) is 24.3 Å². The second kappa shape index (κ2) is 3.52. The molecule has 0 atom stereocenters. The van der Waals surface area contributed by atoms with Crippen LogP contribution in [0.5, 0.6) is 0 Å². The molecule has 6 nitrogen and oxygen atoms in total. The lowest BCUT2D eigenvalue weighted by Gasteiger charge is -2.04. The maximum atomic E-state index is 8.85. The third-order valence-corrected chi connectivity index (χ3v) is 1.80. The van der Waals surface area contributed by atoms with E-state index < -0.39 is 6.29 Å². The predicted octanol–water partition coefficient (Wildman–Crippen LogP) is -0.355. The van der Waals surface area contributed by atoms with Gasteiger partial charge in [0, 0.05) is 5.56 Å². The van der Waals surface area contributed by atoms with Crippen LogP contribution in [-0.4, -0.2) is 30.4 Å². The van der Waals surface area contributed by atoms with Crippen LogP contribution >= 0.6 is 0 Å². The Balaban J connectivity index is 2.31. The first-order chi connectivity index (χ1) is 6.77. The minimum absolute atomic E-state index is 0.432. The molecule has 0 radical (unpaired) electrons. The molecule has 2 N–H and O–H groups in total. The van der Waals surface area contributed by atoms with Gasteiger partial charge in [0.25, 0.3) is 0 Å². The second-order valence-corrected chi connectivity index (χ2v) is 2.72. The van der Waals surface area contributed by atoms with Gasteiger partial charge in [-0.25, -0.2) is 4.68 Å². The summed E-state index contributed by atoms with van der Waals surface area (Å²) in [5.41, 5.74) is 1.20. The van der Waals surface area contributed by atoms with Gasteiger partial charge < -0.3 is 10.2 Å². The summed E-state index contributed by atoms with van der Waals surface area (Å²) in [5.74, 6) is 0. The number of hydrogen-bond acceptors (Lipinski definition) is 5. The highest BCUT2D eigenvalue weighted by Gasteiger charge is 2.02. The average Bonchev–Trinajstić information content (AvgIpc) is 2.71. The van der Waals surface area contributed by atoms with Crippen molar-refractivity contribution in [2.45, 2.75) is 6.29 Å². The fraction of sp³-hybridized carbons (Fsp3) is 0.125. The van der Waals surface area contributed by atoms with Crippen LogP contribution in [0.4, 0.5) is 0 Å². The molecule has 2 rings (SSSR count). The normalized spacial score (nSPS) is 10.8. The first-order valence-corrected chi connectivity index (χ1v) is 3.97. The van der Waals surface area contributed by atoms with Crippen molar-refractivity contribution >= 4 is 0 Å². The monoisotopic (exact) mass is 192 g/mol. The number of tetrazole rings is 1. The molecule has 0 saturated carbocycles. The zero-order valence-corrected chi connectivity index (χ0v) is 7.15. The Morgan fingerprint density at radius 2 is 1.86 bits per heavy atom. The number of benzene rings is 1. The molecule has 0 amide bonds. The molecule has 14 heavy (non-hydrogen) atoms. The number of nitrogens with zero attached hydrogens (tertiary/aromatic N) is 4. The highest BCUT2D eigenvalue weighted by atomic mass is 16.5. The molecule has 72 valence electrons. The van der Waals surface area contributed by atoms with Crippen molar-refractivity contribution in [3.8, 4) is 5.69 Å². The standard InChI is InChI=1S/C8H8N4O2/c13-8(14)6-1-3-7(4-2-6)12-5-9-10-11-12/h1-5,8,13-14H. The van der Waals surface area contributed by atoms with Gasteiger partial charge >= 0.3 is 0 Å². The first kappa shape index (κ1) is 8.79. The van der Waals surface area contributed by atoms with Crippen molar-refractivity contribution in [1.29, 1.82) is 0 Å². The fourth-order valence-electron chi connectivity index (χ4n) is 1.08. The lowest BCUT2D eigenvalue weighted by molar-refractivity contribution is -0.0424. The van der Waals surface area contributed by atoms with Crippen molar-refractivity contribution in [2.24, 2.45) is 0 Å². The van der Waals surface area contributed by atoms with Crippen LogP contribution < -0.4 is 0 Å². The van der Waals surface area contributed by atoms with Gasteiger partial charge in [-0.15, -0.1) is 5.10 Å². The van der Waals surface area contributed by atoms with Gasteiger partial charge in [0.15, 0.2) is 6.29 Å². The van der Waals surface area contributed by atoms with Crippen LogP contribution in [0.3, 0.4) is 0 Å². The van der Waals surface area contributed by atoms with Gasteiger partial charge in [-0.2, -0.15) is 0 Å². The summed E-state index contributed by atoms with van der Waals surface area (Å²) < 4.78 is 1.48. The molecule has 0 aliphatic rings. The molecule has 0 unspecified atom stereocenters. The topological polar surface area (TPSA) is 84.1 Å². The molecule has 1 heterocycles. The van der Waals surface area contributed by atoms with E-state index in [2.05, 4.69) is 15.5 Å². The van der Waals surface area contributed by atoms with E-state index in [0.29, 0.717) is 5.56 Å². The highest BCUT2D eigenvalue weighted by Crippen LogP contribution is 2.12. The lowest BCUT2D eigenvalue weighted by Crippen LogP contribution is -1.98. The maximum absolute atomic E-state index is 8.85. The SMILES string of the molecule is OC(O)c1ccc(-n2cnnn2)cc1. The number of rotatable bonds is 2. The van der Waals surface area contributed by atoms with Gasteiger partial charge in [0.05, 0.1) is 5.69 Å². The fourth-order valence-corrected chi connectivity index (χ4v) is 1.08. The molecule has 2 aromatic rings. The van der Waals surface area contributed by atoms with Crippen LogP contribution in [0.1, 0.15) is 11.9 Å². The molecule has 0 aliphatic heterocycles. The summed E-state index contributed by atoms with van der Waals surface area (Å²) in [7, 11) is 0. The van der Waals surface area contributed by atoms with E-state index in [1.807, 2.05) is 0 Å². The minimum Gasteiger partial charge on any atom is -0.364 e. The summed E-state index contributed by atoms with van der Waals surface area (Å²) in [6, 6.07) is 6.60. The minimum atomic E-state index is -1.45. The summed E-state index contributed by atoms with van der Waals surface area (Å²) in [4.78, 5) is 0. The largest absolute Gasteiger partial charge is 0.364 e. The zero-order valence-electron chi connectivity index (χ0n) is 7.15. The van der Waals surface area contributed by atoms with Gasteiger partial charge in [0.2, 0.25) is 0 Å². The Hall–Kier alpha value is -1.79. The predicted molar refractivity (Wildman–Crippen MR) is 46.3 cm³/mol. The summed E-state index contributed by atoms with van der Waals surface area (Å²) in [6.45, 7) is 0. The molecule has 6 heteroatoms. The second-order valence-electron chi connectivity index (χ2n) is 2.72. The average molecular weight is 192 g/mol. The van der Waals surface area contributed by atoms with Crippen molar-refractivity contribution in [1.82, 2.24) is 20.2 Å². The van der Waals surface area contributed by atoms with Crippen LogP contribution in [0.25, 0.3) is 5.69 Å². The van der Waals surface area contributed by atoms with Gasteiger partial charge in [-0.05, 0) is 22.6 Å². The zero-order chi connectivity index (χ0) is 9.97. The number of aliphatic hydroxyl groups excluding tert-OH is 1. The summed E-state index contributed by atoms with van der Waals surface area (Å²) >= 11 is 0. The summed E-state index contributed by atoms with van der Waals surface area (Å²) in [5, 5.41) is 28.4. The first-order valence-electron chi connectivity index (χ1n) is 3.97. The molecule has 0 bridgehead atoms. The van der Waals surface area contributed by atoms with Gasteiger partial charge in [-0.1, -0.05) is 12.1 Å². The van der Waals surface area contributed by atoms with E-state index in [9.17, 15) is 0 Å². The Labute approximate surface area is 79.4 Å². The van der Waals surface area contributed by atoms with Crippen molar-refractivity contribution in [3.05, 3.63) is 36.2 Å². The number of hydrogen-bond donors (Lipinski definition) is 2. The molecule has 0 aliphatic carbocycles. The molecule has 1 aromatic heterocycles. The van der Waals surface area contributed by atoms with Crippen LogP contribution in [0.2, 0.25) is 0 Å². The Bertz CT molecular complexity index is 396. The van der Waals surface area contributed by atoms with E-state index in [0.717, 1.165) is 5.69 Å². The smallest absolute Gasteiger partial charge is 0.178 e. The maximum Gasteiger partial charge on any atom is 0.178 e.